The summed E-state index contributed by atoms with van der Waals surface area (Å²) in [5, 5.41) is 1.20. The van der Waals surface area contributed by atoms with E-state index in [9.17, 15) is 4.79 Å². The predicted octanol–water partition coefficient (Wildman–Crippen LogP) is 1.36. The van der Waals surface area contributed by atoms with Crippen LogP contribution in [-0.2, 0) is 14.4 Å². The number of rotatable bonds is 4. The lowest BCUT2D eigenvalue weighted by Crippen LogP contribution is -2.31. The summed E-state index contributed by atoms with van der Waals surface area (Å²) in [4.78, 5) is 16.0. The van der Waals surface area contributed by atoms with Crippen molar-refractivity contribution in [3.8, 4) is 0 Å². The number of hydroxylamine groups is 2. The molecular formula is C10H19NO3. The van der Waals surface area contributed by atoms with E-state index >= 15 is 0 Å². The van der Waals surface area contributed by atoms with Crippen molar-refractivity contribution in [1.82, 2.24) is 5.06 Å². The Balaban J connectivity index is 2.15. The molecule has 4 heteroatoms. The molecule has 0 aliphatic heterocycles. The van der Waals surface area contributed by atoms with Crippen LogP contribution in [0.1, 0.15) is 32.1 Å². The van der Waals surface area contributed by atoms with Crippen molar-refractivity contribution in [2.24, 2.45) is 0 Å². The van der Waals surface area contributed by atoms with E-state index in [1.54, 1.807) is 7.05 Å². The van der Waals surface area contributed by atoms with E-state index in [1.807, 2.05) is 0 Å². The lowest BCUT2D eigenvalue weighted by molar-refractivity contribution is -0.175. The molecule has 0 aromatic rings. The van der Waals surface area contributed by atoms with Gasteiger partial charge in [0, 0.05) is 7.05 Å². The van der Waals surface area contributed by atoms with Gasteiger partial charge in [0.05, 0.1) is 13.2 Å². The lowest BCUT2D eigenvalue weighted by atomic mass is 9.98. The summed E-state index contributed by atoms with van der Waals surface area (Å²) < 4.78 is 5.50. The maximum absolute atomic E-state index is 11.3. The molecule has 1 saturated carbocycles. The van der Waals surface area contributed by atoms with Crippen molar-refractivity contribution in [1.29, 1.82) is 0 Å². The third-order valence-electron chi connectivity index (χ3n) is 2.62. The molecule has 0 bridgehead atoms. The summed E-state index contributed by atoms with van der Waals surface area (Å²) in [6.45, 7) is 0.134. The van der Waals surface area contributed by atoms with Crippen LogP contribution in [-0.4, -0.2) is 37.8 Å². The SMILES string of the molecule is CON(C)C(=O)COC1CCCCC1. The lowest BCUT2D eigenvalue weighted by Gasteiger charge is -2.22. The number of carbonyl (C=O) groups is 1. The first-order valence-electron chi connectivity index (χ1n) is 5.16. The Morgan fingerprint density at radius 1 is 1.36 bits per heavy atom. The van der Waals surface area contributed by atoms with Gasteiger partial charge in [0.2, 0.25) is 0 Å². The number of likely N-dealkylation sites (N-methyl/N-ethyl adjacent to an activating group) is 1. The van der Waals surface area contributed by atoms with E-state index in [-0.39, 0.29) is 18.6 Å². The summed E-state index contributed by atoms with van der Waals surface area (Å²) in [6.07, 6.45) is 6.19. The van der Waals surface area contributed by atoms with Crippen LogP contribution in [0.4, 0.5) is 0 Å². The maximum atomic E-state index is 11.3. The Hall–Kier alpha value is -0.610. The average Bonchev–Trinajstić information content (AvgIpc) is 2.26. The van der Waals surface area contributed by atoms with E-state index in [0.717, 1.165) is 12.8 Å². The summed E-state index contributed by atoms with van der Waals surface area (Å²) >= 11 is 0. The minimum absolute atomic E-state index is 0.127. The van der Waals surface area contributed by atoms with E-state index in [1.165, 1.54) is 31.4 Å². The molecule has 1 fully saturated rings. The minimum Gasteiger partial charge on any atom is -0.368 e. The highest BCUT2D eigenvalue weighted by atomic mass is 16.7. The van der Waals surface area contributed by atoms with Gasteiger partial charge in [-0.2, -0.15) is 0 Å². The van der Waals surface area contributed by atoms with Crippen LogP contribution in [0.2, 0.25) is 0 Å². The van der Waals surface area contributed by atoms with Crippen LogP contribution in [0.25, 0.3) is 0 Å². The largest absolute Gasteiger partial charge is 0.368 e. The summed E-state index contributed by atoms with van der Waals surface area (Å²) in [5.74, 6) is -0.127. The number of carbonyl (C=O) groups excluding carboxylic acids is 1. The first-order valence-corrected chi connectivity index (χ1v) is 5.16. The van der Waals surface area contributed by atoms with E-state index in [4.69, 9.17) is 9.57 Å². The zero-order valence-electron chi connectivity index (χ0n) is 8.99. The van der Waals surface area contributed by atoms with Gasteiger partial charge in [0.15, 0.2) is 0 Å². The van der Waals surface area contributed by atoms with Gasteiger partial charge in [0.1, 0.15) is 6.61 Å². The van der Waals surface area contributed by atoms with Gasteiger partial charge >= 0.3 is 0 Å². The number of nitrogens with zero attached hydrogens (tertiary/aromatic N) is 1. The van der Waals surface area contributed by atoms with Crippen molar-refractivity contribution < 1.29 is 14.4 Å². The number of hydrogen-bond donors (Lipinski definition) is 0. The standard InChI is InChI=1S/C10H19NO3/c1-11(13-2)10(12)8-14-9-6-4-3-5-7-9/h9H,3-8H2,1-2H3. The van der Waals surface area contributed by atoms with E-state index in [0.29, 0.717) is 0 Å². The molecule has 1 amide bonds. The molecule has 0 N–H and O–H groups in total. The Kier molecular flexibility index (Phi) is 4.90. The Bertz CT molecular complexity index is 178. The highest BCUT2D eigenvalue weighted by Gasteiger charge is 2.16. The monoisotopic (exact) mass is 201 g/mol. The molecule has 1 aliphatic carbocycles. The van der Waals surface area contributed by atoms with Crippen LogP contribution in [0.3, 0.4) is 0 Å². The molecule has 0 heterocycles. The van der Waals surface area contributed by atoms with Gasteiger partial charge in [0.25, 0.3) is 5.91 Å². The third kappa shape index (κ3) is 3.64. The Labute approximate surface area is 85.1 Å². The molecule has 0 aromatic heterocycles. The van der Waals surface area contributed by atoms with Crippen LogP contribution in [0.15, 0.2) is 0 Å². The van der Waals surface area contributed by atoms with E-state index < -0.39 is 0 Å². The molecule has 0 aromatic carbocycles. The van der Waals surface area contributed by atoms with Crippen LogP contribution < -0.4 is 0 Å². The van der Waals surface area contributed by atoms with Crippen molar-refractivity contribution in [2.75, 3.05) is 20.8 Å². The molecule has 0 radical (unpaired) electrons. The minimum atomic E-state index is -0.127. The van der Waals surface area contributed by atoms with Crippen LogP contribution in [0.5, 0.6) is 0 Å². The molecule has 1 rings (SSSR count). The topological polar surface area (TPSA) is 38.8 Å². The fourth-order valence-corrected chi connectivity index (χ4v) is 1.61. The highest BCUT2D eigenvalue weighted by molar-refractivity contribution is 5.76. The van der Waals surface area contributed by atoms with Crippen molar-refractivity contribution in [2.45, 2.75) is 38.2 Å². The molecule has 1 aliphatic rings. The van der Waals surface area contributed by atoms with E-state index in [2.05, 4.69) is 0 Å². The molecule has 4 nitrogen and oxygen atoms in total. The zero-order chi connectivity index (χ0) is 10.4. The smallest absolute Gasteiger partial charge is 0.271 e. The van der Waals surface area contributed by atoms with Gasteiger partial charge < -0.3 is 4.74 Å². The summed E-state index contributed by atoms with van der Waals surface area (Å²) in [5.41, 5.74) is 0. The highest BCUT2D eigenvalue weighted by Crippen LogP contribution is 2.20. The summed E-state index contributed by atoms with van der Waals surface area (Å²) in [7, 11) is 3.06. The molecule has 82 valence electrons. The first kappa shape index (κ1) is 11.5. The number of amides is 1. The van der Waals surface area contributed by atoms with Gasteiger partial charge in [-0.25, -0.2) is 5.06 Å². The molecule has 0 unspecified atom stereocenters. The molecule has 0 saturated heterocycles. The quantitative estimate of drug-likeness (QED) is 0.644. The van der Waals surface area contributed by atoms with Crippen LogP contribution in [0, 0.1) is 0 Å². The van der Waals surface area contributed by atoms with Crippen molar-refractivity contribution >= 4 is 5.91 Å². The van der Waals surface area contributed by atoms with Gasteiger partial charge in [-0.15, -0.1) is 0 Å². The Morgan fingerprint density at radius 2 is 2.00 bits per heavy atom. The molecule has 0 spiro atoms. The molecule has 0 atom stereocenters. The maximum Gasteiger partial charge on any atom is 0.271 e. The van der Waals surface area contributed by atoms with Gasteiger partial charge in [-0.1, -0.05) is 19.3 Å². The second-order valence-electron chi connectivity index (χ2n) is 3.64. The number of ether oxygens (including phenoxy) is 1. The average molecular weight is 201 g/mol. The Morgan fingerprint density at radius 3 is 2.57 bits per heavy atom. The van der Waals surface area contributed by atoms with Gasteiger partial charge in [-0.3, -0.25) is 9.63 Å². The zero-order valence-corrected chi connectivity index (χ0v) is 8.99. The summed E-state index contributed by atoms with van der Waals surface area (Å²) in [6, 6.07) is 0. The van der Waals surface area contributed by atoms with Crippen molar-refractivity contribution in [3.63, 3.8) is 0 Å². The van der Waals surface area contributed by atoms with Crippen LogP contribution >= 0.6 is 0 Å². The normalized spacial score (nSPS) is 18.1. The number of hydrogen-bond acceptors (Lipinski definition) is 3. The van der Waals surface area contributed by atoms with Gasteiger partial charge in [-0.05, 0) is 12.8 Å². The first-order chi connectivity index (χ1) is 6.74. The molecular weight excluding hydrogens is 182 g/mol. The molecule has 14 heavy (non-hydrogen) atoms. The fraction of sp³-hybridized carbons (Fsp3) is 0.900. The second-order valence-corrected chi connectivity index (χ2v) is 3.64. The van der Waals surface area contributed by atoms with Crippen molar-refractivity contribution in [3.05, 3.63) is 0 Å². The second kappa shape index (κ2) is 5.98. The predicted molar refractivity (Wildman–Crippen MR) is 52.6 cm³/mol. The fourth-order valence-electron chi connectivity index (χ4n) is 1.61. The third-order valence-corrected chi connectivity index (χ3v) is 2.62.